The minimum Gasteiger partial charge on any atom is -0.249 e. The monoisotopic (exact) mass is 220 g/mol. The topological polar surface area (TPSA) is 27.0 Å². The van der Waals surface area contributed by atoms with Crippen molar-refractivity contribution >= 4 is 11.9 Å². The summed E-state index contributed by atoms with van der Waals surface area (Å²) in [5, 5.41) is 8.92. The van der Waals surface area contributed by atoms with Crippen molar-refractivity contribution in [2.24, 2.45) is 0 Å². The highest BCUT2D eigenvalue weighted by Gasteiger charge is 2.03. The maximum absolute atomic E-state index is 8.92. The van der Waals surface area contributed by atoms with E-state index in [-0.39, 0.29) is 0 Å². The van der Waals surface area contributed by atoms with Crippen LogP contribution in [0.5, 0.6) is 0 Å². The van der Waals surface area contributed by atoms with Crippen LogP contribution in [0.3, 0.4) is 0 Å². The molecule has 0 radical (unpaired) electrons. The Morgan fingerprint density at radius 1 is 1.33 bits per heavy atom. The van der Waals surface area contributed by atoms with Gasteiger partial charge in [0.2, 0.25) is 0 Å². The van der Waals surface area contributed by atoms with Crippen LogP contribution in [0.25, 0.3) is 0 Å². The molecule has 0 N–H and O–H groups in total. The summed E-state index contributed by atoms with van der Waals surface area (Å²) in [5.41, 5.74) is 1.25. The second kappa shape index (κ2) is 6.36. The van der Waals surface area contributed by atoms with Crippen LogP contribution in [-0.2, 0) is 0 Å². The number of nitrogens with zero attached hydrogens (tertiary/aromatic N) is 2. The smallest absolute Gasteiger partial charge is 0.190 e. The molecule has 0 aliphatic rings. The molecule has 15 heavy (non-hydrogen) atoms. The maximum atomic E-state index is 8.92. The molecule has 0 heterocycles. The van der Waals surface area contributed by atoms with E-state index in [1.165, 1.54) is 17.5 Å². The Labute approximate surface area is 96.0 Å². The lowest BCUT2D eigenvalue weighted by Crippen LogP contribution is -2.09. The van der Waals surface area contributed by atoms with Crippen LogP contribution in [-0.4, -0.2) is 10.8 Å². The minimum absolute atomic E-state index is 0.825. The minimum atomic E-state index is 0.825. The van der Waals surface area contributed by atoms with Crippen molar-refractivity contribution in [2.75, 3.05) is 6.54 Å². The van der Waals surface area contributed by atoms with Gasteiger partial charge in [0.15, 0.2) is 6.19 Å². The van der Waals surface area contributed by atoms with Gasteiger partial charge in [-0.05, 0) is 37.4 Å². The number of hydrogen-bond acceptors (Lipinski definition) is 3. The molecular formula is C12H16N2S. The van der Waals surface area contributed by atoms with Crippen molar-refractivity contribution in [3.63, 3.8) is 0 Å². The van der Waals surface area contributed by atoms with Gasteiger partial charge in [-0.2, -0.15) is 5.26 Å². The zero-order valence-corrected chi connectivity index (χ0v) is 10.0. The maximum Gasteiger partial charge on any atom is 0.190 e. The molecule has 1 aromatic rings. The summed E-state index contributed by atoms with van der Waals surface area (Å²) in [5.74, 6) is 0. The van der Waals surface area contributed by atoms with Crippen LogP contribution >= 0.6 is 11.9 Å². The lowest BCUT2D eigenvalue weighted by atomic mass is 10.2. The molecule has 0 atom stereocenters. The third kappa shape index (κ3) is 4.26. The van der Waals surface area contributed by atoms with Gasteiger partial charge >= 0.3 is 0 Å². The first kappa shape index (κ1) is 11.9. The van der Waals surface area contributed by atoms with Gasteiger partial charge in [0.25, 0.3) is 0 Å². The molecule has 1 rings (SSSR count). The molecule has 0 amide bonds. The number of benzene rings is 1. The number of aryl methyl sites for hydroxylation is 1. The third-order valence-electron chi connectivity index (χ3n) is 2.06. The first-order valence-electron chi connectivity index (χ1n) is 5.18. The molecule has 1 aromatic carbocycles. The van der Waals surface area contributed by atoms with E-state index < -0.39 is 0 Å². The van der Waals surface area contributed by atoms with E-state index in [2.05, 4.69) is 44.3 Å². The van der Waals surface area contributed by atoms with Gasteiger partial charge in [-0.3, -0.25) is 0 Å². The standard InChI is InChI=1S/C12H16N2S/c1-3-4-9-14(10-13)15-12-7-5-11(2)6-8-12/h5-8H,3-4,9H2,1-2H3. The van der Waals surface area contributed by atoms with E-state index in [1.807, 2.05) is 0 Å². The van der Waals surface area contributed by atoms with Gasteiger partial charge in [0.05, 0.1) is 0 Å². The third-order valence-corrected chi connectivity index (χ3v) is 3.03. The van der Waals surface area contributed by atoms with Crippen LogP contribution in [0.4, 0.5) is 0 Å². The van der Waals surface area contributed by atoms with E-state index in [1.54, 1.807) is 4.31 Å². The van der Waals surface area contributed by atoms with Crippen molar-refractivity contribution < 1.29 is 0 Å². The first-order valence-corrected chi connectivity index (χ1v) is 5.95. The summed E-state index contributed by atoms with van der Waals surface area (Å²) >= 11 is 1.51. The molecule has 3 heteroatoms. The van der Waals surface area contributed by atoms with Gasteiger partial charge in [0.1, 0.15) is 0 Å². The fourth-order valence-corrected chi connectivity index (χ4v) is 1.92. The number of unbranched alkanes of at least 4 members (excludes halogenated alkanes) is 1. The second-order valence-electron chi connectivity index (χ2n) is 3.46. The Hall–Kier alpha value is -1.14. The van der Waals surface area contributed by atoms with E-state index in [9.17, 15) is 0 Å². The van der Waals surface area contributed by atoms with Crippen LogP contribution in [0.1, 0.15) is 25.3 Å². The summed E-state index contributed by atoms with van der Waals surface area (Å²) in [7, 11) is 0. The zero-order chi connectivity index (χ0) is 11.1. The Morgan fingerprint density at radius 3 is 2.53 bits per heavy atom. The van der Waals surface area contributed by atoms with Crippen molar-refractivity contribution in [3.05, 3.63) is 29.8 Å². The van der Waals surface area contributed by atoms with E-state index in [0.29, 0.717) is 0 Å². The fraction of sp³-hybridized carbons (Fsp3) is 0.417. The molecule has 0 bridgehead atoms. The molecule has 0 fully saturated rings. The summed E-state index contributed by atoms with van der Waals surface area (Å²) in [6, 6.07) is 8.24. The largest absolute Gasteiger partial charge is 0.249 e. The van der Waals surface area contributed by atoms with Crippen LogP contribution in [0.2, 0.25) is 0 Å². The molecule has 0 spiro atoms. The normalized spacial score (nSPS) is 9.67. The molecule has 2 nitrogen and oxygen atoms in total. The predicted octanol–water partition coefficient (Wildman–Crippen LogP) is 3.59. The van der Waals surface area contributed by atoms with E-state index in [4.69, 9.17) is 5.26 Å². The fourth-order valence-electron chi connectivity index (χ4n) is 1.14. The Balaban J connectivity index is 2.52. The van der Waals surface area contributed by atoms with Crippen LogP contribution < -0.4 is 0 Å². The summed E-state index contributed by atoms with van der Waals surface area (Å²) < 4.78 is 1.73. The molecular weight excluding hydrogens is 204 g/mol. The van der Waals surface area contributed by atoms with Crippen molar-refractivity contribution in [2.45, 2.75) is 31.6 Å². The molecule has 0 saturated carbocycles. The number of rotatable bonds is 5. The lowest BCUT2D eigenvalue weighted by molar-refractivity contribution is 0.593. The Kier molecular flexibility index (Phi) is 5.06. The number of nitriles is 1. The van der Waals surface area contributed by atoms with E-state index in [0.717, 1.165) is 24.3 Å². The van der Waals surface area contributed by atoms with Gasteiger partial charge in [-0.15, -0.1) is 0 Å². The van der Waals surface area contributed by atoms with Gasteiger partial charge in [-0.1, -0.05) is 31.0 Å². The first-order chi connectivity index (χ1) is 7.26. The highest BCUT2D eigenvalue weighted by atomic mass is 32.2. The summed E-state index contributed by atoms with van der Waals surface area (Å²) in [6.07, 6.45) is 4.38. The zero-order valence-electron chi connectivity index (χ0n) is 9.23. The molecule has 0 unspecified atom stereocenters. The van der Waals surface area contributed by atoms with E-state index >= 15 is 0 Å². The molecule has 0 aromatic heterocycles. The number of hydrogen-bond donors (Lipinski definition) is 0. The highest BCUT2D eigenvalue weighted by Crippen LogP contribution is 2.22. The van der Waals surface area contributed by atoms with Crippen LogP contribution in [0.15, 0.2) is 29.2 Å². The van der Waals surface area contributed by atoms with Crippen molar-refractivity contribution in [1.29, 1.82) is 5.26 Å². The van der Waals surface area contributed by atoms with Gasteiger partial charge in [-0.25, -0.2) is 4.31 Å². The van der Waals surface area contributed by atoms with Gasteiger partial charge in [0, 0.05) is 11.4 Å². The van der Waals surface area contributed by atoms with Crippen molar-refractivity contribution in [3.8, 4) is 6.19 Å². The Bertz CT molecular complexity index is 326. The predicted molar refractivity (Wildman–Crippen MR) is 64.3 cm³/mol. The average molecular weight is 220 g/mol. The van der Waals surface area contributed by atoms with Crippen LogP contribution in [0, 0.1) is 18.4 Å². The molecule has 0 saturated heterocycles. The molecule has 0 aliphatic carbocycles. The quantitative estimate of drug-likeness (QED) is 0.431. The lowest BCUT2D eigenvalue weighted by Gasteiger charge is -2.13. The molecule has 80 valence electrons. The van der Waals surface area contributed by atoms with Crippen molar-refractivity contribution in [1.82, 2.24) is 4.31 Å². The summed E-state index contributed by atoms with van der Waals surface area (Å²) in [4.78, 5) is 1.12. The average Bonchev–Trinajstić information content (AvgIpc) is 2.27. The Morgan fingerprint density at radius 2 is 2.00 bits per heavy atom. The SMILES string of the molecule is CCCCN(C#N)Sc1ccc(C)cc1. The highest BCUT2D eigenvalue weighted by molar-refractivity contribution is 7.97. The summed E-state index contributed by atoms with van der Waals surface area (Å²) in [6.45, 7) is 5.02. The second-order valence-corrected chi connectivity index (χ2v) is 4.55. The molecule has 0 aliphatic heterocycles. The van der Waals surface area contributed by atoms with Gasteiger partial charge < -0.3 is 0 Å².